The van der Waals surface area contributed by atoms with Crippen molar-refractivity contribution in [1.82, 2.24) is 9.88 Å². The maximum Gasteiger partial charge on any atom is 0.410 e. The zero-order valence-electron chi connectivity index (χ0n) is 13.7. The first kappa shape index (κ1) is 15.5. The molecule has 1 aromatic heterocycles. The van der Waals surface area contributed by atoms with E-state index in [1.54, 1.807) is 17.0 Å². The molecule has 3 rings (SSSR count). The third-order valence-electron chi connectivity index (χ3n) is 3.60. The van der Waals surface area contributed by atoms with E-state index >= 15 is 0 Å². The lowest BCUT2D eigenvalue weighted by Gasteiger charge is -2.34. The molecule has 0 radical (unpaired) electrons. The number of anilines is 2. The molecule has 1 fully saturated rings. The molecule has 7 heteroatoms. The summed E-state index contributed by atoms with van der Waals surface area (Å²) in [5.74, 6) is 0. The van der Waals surface area contributed by atoms with Crippen molar-refractivity contribution in [2.45, 2.75) is 26.4 Å². The number of benzene rings is 1. The number of nitrogens with zero attached hydrogens (tertiary/aromatic N) is 3. The quantitative estimate of drug-likeness (QED) is 0.813. The number of piperazine rings is 1. The lowest BCUT2D eigenvalue weighted by atomic mass is 10.2. The predicted molar refractivity (Wildman–Crippen MR) is 88.4 cm³/mol. The minimum atomic E-state index is -0.478. The van der Waals surface area contributed by atoms with Crippen LogP contribution in [0.3, 0.4) is 0 Å². The molecule has 1 saturated heterocycles. The largest absolute Gasteiger partial charge is 0.444 e. The fraction of sp³-hybridized carbons (Fsp3) is 0.500. The smallest absolute Gasteiger partial charge is 0.410 e. The van der Waals surface area contributed by atoms with Gasteiger partial charge >= 0.3 is 6.09 Å². The zero-order chi connectivity index (χ0) is 16.6. The Morgan fingerprint density at radius 3 is 2.61 bits per heavy atom. The number of nitrogen functional groups attached to an aromatic ring is 1. The molecule has 1 aliphatic rings. The summed E-state index contributed by atoms with van der Waals surface area (Å²) >= 11 is 0. The minimum absolute atomic E-state index is 0.275. The van der Waals surface area contributed by atoms with Crippen molar-refractivity contribution in [3.63, 3.8) is 0 Å². The van der Waals surface area contributed by atoms with Gasteiger partial charge in [-0.1, -0.05) is 0 Å². The second-order valence-corrected chi connectivity index (χ2v) is 6.68. The molecule has 2 heterocycles. The van der Waals surface area contributed by atoms with Crippen molar-refractivity contribution in [1.29, 1.82) is 0 Å². The molecule has 0 aliphatic carbocycles. The Balaban J connectivity index is 1.65. The van der Waals surface area contributed by atoms with Crippen LogP contribution in [0.25, 0.3) is 11.1 Å². The van der Waals surface area contributed by atoms with Gasteiger partial charge in [-0.3, -0.25) is 0 Å². The Morgan fingerprint density at radius 2 is 1.96 bits per heavy atom. The van der Waals surface area contributed by atoms with Crippen LogP contribution in [0.15, 0.2) is 22.6 Å². The van der Waals surface area contributed by atoms with E-state index in [1.807, 2.05) is 31.7 Å². The highest BCUT2D eigenvalue weighted by Gasteiger charge is 2.27. The molecule has 0 bridgehead atoms. The molecule has 124 valence electrons. The minimum Gasteiger partial charge on any atom is -0.444 e. The fourth-order valence-electron chi connectivity index (χ4n) is 2.47. The van der Waals surface area contributed by atoms with Crippen LogP contribution in [0, 0.1) is 0 Å². The molecule has 1 amide bonds. The molecule has 0 unspecified atom stereocenters. The van der Waals surface area contributed by atoms with Gasteiger partial charge in [0.15, 0.2) is 5.58 Å². The Labute approximate surface area is 135 Å². The Hall–Kier alpha value is -2.44. The summed E-state index contributed by atoms with van der Waals surface area (Å²) in [5.41, 5.74) is 7.40. The second-order valence-electron chi connectivity index (χ2n) is 6.68. The summed E-state index contributed by atoms with van der Waals surface area (Å²) in [4.78, 5) is 20.3. The molecule has 23 heavy (non-hydrogen) atoms. The molecule has 0 spiro atoms. The van der Waals surface area contributed by atoms with Crippen LogP contribution in [-0.2, 0) is 4.74 Å². The predicted octanol–water partition coefficient (Wildman–Crippen LogP) is 2.47. The summed E-state index contributed by atoms with van der Waals surface area (Å²) < 4.78 is 11.2. The molecular weight excluding hydrogens is 296 g/mol. The molecular formula is C16H22N4O3. The number of rotatable bonds is 1. The van der Waals surface area contributed by atoms with E-state index in [4.69, 9.17) is 14.9 Å². The van der Waals surface area contributed by atoms with Crippen molar-refractivity contribution >= 4 is 28.9 Å². The van der Waals surface area contributed by atoms with Crippen LogP contribution < -0.4 is 10.6 Å². The van der Waals surface area contributed by atoms with Gasteiger partial charge in [0.1, 0.15) is 11.1 Å². The highest BCUT2D eigenvalue weighted by atomic mass is 16.6. The number of hydrogen-bond acceptors (Lipinski definition) is 6. The monoisotopic (exact) mass is 318 g/mol. The summed E-state index contributed by atoms with van der Waals surface area (Å²) in [7, 11) is 0. The topological polar surface area (TPSA) is 84.8 Å². The standard InChI is InChI=1S/C16H22N4O3/c1-16(2,3)23-15(21)20-8-6-19(7-9-20)14-18-12-10-11(17)4-5-13(12)22-14/h4-5,10H,6-9,17H2,1-3H3. The maximum atomic E-state index is 12.1. The van der Waals surface area contributed by atoms with Crippen LogP contribution in [0.5, 0.6) is 0 Å². The van der Waals surface area contributed by atoms with E-state index in [0.717, 1.165) is 5.52 Å². The summed E-state index contributed by atoms with van der Waals surface area (Å²) in [5, 5.41) is 0. The molecule has 2 N–H and O–H groups in total. The highest BCUT2D eigenvalue weighted by molar-refractivity contribution is 5.78. The number of carbonyl (C=O) groups excluding carboxylic acids is 1. The van der Waals surface area contributed by atoms with E-state index in [1.165, 1.54) is 0 Å². The summed E-state index contributed by atoms with van der Waals surface area (Å²) in [6, 6.07) is 5.96. The van der Waals surface area contributed by atoms with Gasteiger partial charge in [0.25, 0.3) is 6.01 Å². The maximum absolute atomic E-state index is 12.1. The highest BCUT2D eigenvalue weighted by Crippen LogP contribution is 2.24. The second kappa shape index (κ2) is 5.64. The Bertz CT molecular complexity index is 712. The third-order valence-corrected chi connectivity index (χ3v) is 3.60. The Kier molecular flexibility index (Phi) is 3.79. The average molecular weight is 318 g/mol. The van der Waals surface area contributed by atoms with Crippen molar-refractivity contribution in [3.05, 3.63) is 18.2 Å². The molecule has 7 nitrogen and oxygen atoms in total. The van der Waals surface area contributed by atoms with Gasteiger partial charge in [0.05, 0.1) is 0 Å². The number of fused-ring (bicyclic) bond motifs is 1. The van der Waals surface area contributed by atoms with E-state index < -0.39 is 5.60 Å². The van der Waals surface area contributed by atoms with E-state index in [2.05, 4.69) is 4.98 Å². The van der Waals surface area contributed by atoms with Gasteiger partial charge < -0.3 is 24.7 Å². The summed E-state index contributed by atoms with van der Waals surface area (Å²) in [6.07, 6.45) is -0.275. The van der Waals surface area contributed by atoms with Gasteiger partial charge in [-0.15, -0.1) is 0 Å². The van der Waals surface area contributed by atoms with Crippen molar-refractivity contribution in [3.8, 4) is 0 Å². The molecule has 1 aromatic carbocycles. The first-order valence-corrected chi connectivity index (χ1v) is 7.71. The lowest BCUT2D eigenvalue weighted by Crippen LogP contribution is -2.50. The first-order valence-electron chi connectivity index (χ1n) is 7.71. The normalized spacial score (nSPS) is 16.0. The van der Waals surface area contributed by atoms with Gasteiger partial charge in [0, 0.05) is 31.9 Å². The van der Waals surface area contributed by atoms with E-state index in [9.17, 15) is 4.79 Å². The number of hydrogen-bond donors (Lipinski definition) is 1. The first-order chi connectivity index (χ1) is 10.8. The summed E-state index contributed by atoms with van der Waals surface area (Å²) in [6.45, 7) is 8.07. The van der Waals surface area contributed by atoms with Crippen LogP contribution in [-0.4, -0.2) is 47.8 Å². The third kappa shape index (κ3) is 3.49. The van der Waals surface area contributed by atoms with Crippen LogP contribution in [0.2, 0.25) is 0 Å². The van der Waals surface area contributed by atoms with Gasteiger partial charge in [0.2, 0.25) is 0 Å². The van der Waals surface area contributed by atoms with Gasteiger partial charge in [-0.25, -0.2) is 4.79 Å². The van der Waals surface area contributed by atoms with E-state index in [0.29, 0.717) is 43.5 Å². The number of amides is 1. The number of aromatic nitrogens is 1. The molecule has 0 saturated carbocycles. The Morgan fingerprint density at radius 1 is 1.26 bits per heavy atom. The number of carbonyl (C=O) groups is 1. The fourth-order valence-corrected chi connectivity index (χ4v) is 2.47. The van der Waals surface area contributed by atoms with Crippen molar-refractivity contribution < 1.29 is 13.9 Å². The van der Waals surface area contributed by atoms with E-state index in [-0.39, 0.29) is 6.09 Å². The number of oxazole rings is 1. The zero-order valence-corrected chi connectivity index (χ0v) is 13.7. The van der Waals surface area contributed by atoms with Crippen LogP contribution in [0.4, 0.5) is 16.5 Å². The van der Waals surface area contributed by atoms with Gasteiger partial charge in [-0.05, 0) is 39.0 Å². The lowest BCUT2D eigenvalue weighted by molar-refractivity contribution is 0.0239. The van der Waals surface area contributed by atoms with Crippen molar-refractivity contribution in [2.24, 2.45) is 0 Å². The number of ether oxygens (including phenoxy) is 1. The average Bonchev–Trinajstić information content (AvgIpc) is 2.88. The SMILES string of the molecule is CC(C)(C)OC(=O)N1CCN(c2nc3cc(N)ccc3o2)CC1. The molecule has 0 atom stereocenters. The van der Waals surface area contributed by atoms with Crippen LogP contribution in [0.1, 0.15) is 20.8 Å². The number of nitrogens with two attached hydrogens (primary N) is 1. The van der Waals surface area contributed by atoms with Crippen LogP contribution >= 0.6 is 0 Å². The van der Waals surface area contributed by atoms with Gasteiger partial charge in [-0.2, -0.15) is 4.98 Å². The molecule has 2 aromatic rings. The van der Waals surface area contributed by atoms with Crippen molar-refractivity contribution in [2.75, 3.05) is 36.8 Å². The molecule has 1 aliphatic heterocycles.